The molecule has 1 aromatic carbocycles. The van der Waals surface area contributed by atoms with Crippen molar-refractivity contribution in [2.75, 3.05) is 13.7 Å². The molecule has 0 radical (unpaired) electrons. The number of nitrogens with two attached hydrogens (primary N) is 2. The van der Waals surface area contributed by atoms with Crippen molar-refractivity contribution in [3.8, 4) is 5.75 Å². The third-order valence-corrected chi connectivity index (χ3v) is 3.24. The fourth-order valence-electron chi connectivity index (χ4n) is 1.17. The minimum Gasteiger partial charge on any atom is -0.497 e. The van der Waals surface area contributed by atoms with Gasteiger partial charge in [-0.05, 0) is 30.7 Å². The normalized spacial score (nSPS) is 12.5. The summed E-state index contributed by atoms with van der Waals surface area (Å²) in [7, 11) is 1.67. The second-order valence-electron chi connectivity index (χ2n) is 3.27. The number of methoxy groups -OCH3 is 1. The van der Waals surface area contributed by atoms with E-state index in [4.69, 9.17) is 16.2 Å². The van der Waals surface area contributed by atoms with Gasteiger partial charge in [-0.15, -0.1) is 11.8 Å². The molecule has 84 valence electrons. The lowest BCUT2D eigenvalue weighted by molar-refractivity contribution is 0.414. The van der Waals surface area contributed by atoms with Gasteiger partial charge in [0.25, 0.3) is 0 Å². The lowest BCUT2D eigenvalue weighted by Crippen LogP contribution is -2.19. The molecule has 0 saturated heterocycles. The first kappa shape index (κ1) is 12.4. The molecule has 0 aliphatic heterocycles. The van der Waals surface area contributed by atoms with Gasteiger partial charge in [-0.1, -0.05) is 12.1 Å². The summed E-state index contributed by atoms with van der Waals surface area (Å²) >= 11 is 1.72. The Hall–Kier alpha value is -0.710. The summed E-state index contributed by atoms with van der Waals surface area (Å²) in [6, 6.07) is 8.04. The van der Waals surface area contributed by atoms with E-state index in [1.54, 1.807) is 18.9 Å². The van der Waals surface area contributed by atoms with Crippen LogP contribution in [0.1, 0.15) is 12.0 Å². The maximum atomic E-state index is 5.85. The number of thioether (sulfide) groups is 1. The zero-order chi connectivity index (χ0) is 11.1. The summed E-state index contributed by atoms with van der Waals surface area (Å²) in [6.45, 7) is 0.650. The largest absolute Gasteiger partial charge is 0.497 e. The molecule has 4 heteroatoms. The van der Waals surface area contributed by atoms with Crippen molar-refractivity contribution in [3.05, 3.63) is 29.8 Å². The average Bonchev–Trinajstić information content (AvgIpc) is 2.27. The van der Waals surface area contributed by atoms with Crippen molar-refractivity contribution in [2.45, 2.75) is 17.5 Å². The molecule has 0 fully saturated rings. The van der Waals surface area contributed by atoms with Gasteiger partial charge in [-0.2, -0.15) is 0 Å². The molecule has 15 heavy (non-hydrogen) atoms. The standard InChI is InChI=1S/C11H18N2OS/c1-14-10-4-2-9(3-5-10)8-15-11(13)6-7-12/h2-5,11H,6-8,12-13H2,1H3. The molecule has 3 nitrogen and oxygen atoms in total. The highest BCUT2D eigenvalue weighted by molar-refractivity contribution is 7.99. The zero-order valence-electron chi connectivity index (χ0n) is 8.98. The second-order valence-corrected chi connectivity index (χ2v) is 4.50. The Labute approximate surface area is 95.2 Å². The molecule has 1 unspecified atom stereocenters. The van der Waals surface area contributed by atoms with Gasteiger partial charge < -0.3 is 16.2 Å². The van der Waals surface area contributed by atoms with Crippen molar-refractivity contribution in [1.82, 2.24) is 0 Å². The van der Waals surface area contributed by atoms with Crippen molar-refractivity contribution in [2.24, 2.45) is 11.5 Å². The van der Waals surface area contributed by atoms with Crippen LogP contribution in [-0.4, -0.2) is 19.0 Å². The first-order chi connectivity index (χ1) is 7.26. The lowest BCUT2D eigenvalue weighted by Gasteiger charge is -2.09. The number of hydrogen-bond donors (Lipinski definition) is 2. The Kier molecular flexibility index (Phi) is 5.53. The summed E-state index contributed by atoms with van der Waals surface area (Å²) < 4.78 is 5.09. The average molecular weight is 226 g/mol. The van der Waals surface area contributed by atoms with E-state index in [2.05, 4.69) is 12.1 Å². The van der Waals surface area contributed by atoms with Crippen molar-refractivity contribution >= 4 is 11.8 Å². The van der Waals surface area contributed by atoms with Crippen molar-refractivity contribution in [1.29, 1.82) is 0 Å². The van der Waals surface area contributed by atoms with E-state index in [-0.39, 0.29) is 5.37 Å². The molecule has 0 bridgehead atoms. The number of rotatable bonds is 6. The third-order valence-electron chi connectivity index (χ3n) is 2.07. The molecule has 0 aromatic heterocycles. The molecule has 1 atom stereocenters. The van der Waals surface area contributed by atoms with Crippen LogP contribution in [0.15, 0.2) is 24.3 Å². The number of ether oxygens (including phenoxy) is 1. The van der Waals surface area contributed by atoms with Crippen molar-refractivity contribution in [3.63, 3.8) is 0 Å². The second kappa shape index (κ2) is 6.71. The van der Waals surface area contributed by atoms with E-state index < -0.39 is 0 Å². The Bertz CT molecular complexity index is 276. The van der Waals surface area contributed by atoms with Gasteiger partial charge in [0.2, 0.25) is 0 Å². The van der Waals surface area contributed by atoms with Crippen LogP contribution < -0.4 is 16.2 Å². The summed E-state index contributed by atoms with van der Waals surface area (Å²) in [6.07, 6.45) is 0.862. The van der Waals surface area contributed by atoms with Gasteiger partial charge >= 0.3 is 0 Å². The summed E-state index contributed by atoms with van der Waals surface area (Å²) in [5.41, 5.74) is 12.5. The van der Waals surface area contributed by atoms with Gasteiger partial charge in [-0.25, -0.2) is 0 Å². The van der Waals surface area contributed by atoms with Crippen LogP contribution in [-0.2, 0) is 5.75 Å². The molecule has 4 N–H and O–H groups in total. The molecule has 0 aliphatic carbocycles. The van der Waals surface area contributed by atoms with Gasteiger partial charge in [0.15, 0.2) is 0 Å². The van der Waals surface area contributed by atoms with E-state index in [0.29, 0.717) is 6.54 Å². The fraction of sp³-hybridized carbons (Fsp3) is 0.455. The van der Waals surface area contributed by atoms with Crippen LogP contribution in [0.25, 0.3) is 0 Å². The molecule has 1 aromatic rings. The smallest absolute Gasteiger partial charge is 0.118 e. The van der Waals surface area contributed by atoms with Gasteiger partial charge in [0.05, 0.1) is 12.5 Å². The lowest BCUT2D eigenvalue weighted by atomic mass is 10.2. The maximum Gasteiger partial charge on any atom is 0.118 e. The van der Waals surface area contributed by atoms with Crippen LogP contribution in [0.5, 0.6) is 5.75 Å². The fourth-order valence-corrected chi connectivity index (χ4v) is 2.07. The highest BCUT2D eigenvalue weighted by Crippen LogP contribution is 2.19. The molecule has 0 saturated carbocycles. The molecule has 0 aliphatic rings. The highest BCUT2D eigenvalue weighted by atomic mass is 32.2. The molecule has 0 heterocycles. The summed E-state index contributed by atoms with van der Waals surface area (Å²) in [4.78, 5) is 0. The monoisotopic (exact) mass is 226 g/mol. The quantitative estimate of drug-likeness (QED) is 0.723. The van der Waals surface area contributed by atoms with Crippen LogP contribution in [0.3, 0.4) is 0 Å². The predicted octanol–water partition coefficient (Wildman–Crippen LogP) is 1.56. The SMILES string of the molecule is COc1ccc(CSC(N)CCN)cc1. The zero-order valence-corrected chi connectivity index (χ0v) is 9.80. The number of hydrogen-bond acceptors (Lipinski definition) is 4. The Morgan fingerprint density at radius 1 is 1.33 bits per heavy atom. The van der Waals surface area contributed by atoms with E-state index in [1.165, 1.54) is 5.56 Å². The van der Waals surface area contributed by atoms with Crippen LogP contribution in [0.4, 0.5) is 0 Å². The van der Waals surface area contributed by atoms with Crippen LogP contribution in [0, 0.1) is 0 Å². The first-order valence-corrected chi connectivity index (χ1v) is 6.01. The minimum absolute atomic E-state index is 0.136. The molecular formula is C11H18N2OS. The topological polar surface area (TPSA) is 61.3 Å². The maximum absolute atomic E-state index is 5.85. The Balaban J connectivity index is 2.37. The van der Waals surface area contributed by atoms with Gasteiger partial charge in [0, 0.05) is 5.75 Å². The van der Waals surface area contributed by atoms with E-state index in [9.17, 15) is 0 Å². The van der Waals surface area contributed by atoms with Gasteiger partial charge in [-0.3, -0.25) is 0 Å². The molecule has 1 rings (SSSR count). The van der Waals surface area contributed by atoms with E-state index >= 15 is 0 Å². The Morgan fingerprint density at radius 2 is 2.00 bits per heavy atom. The number of benzene rings is 1. The first-order valence-electron chi connectivity index (χ1n) is 4.96. The van der Waals surface area contributed by atoms with E-state index in [1.807, 2.05) is 12.1 Å². The predicted molar refractivity (Wildman–Crippen MR) is 65.9 cm³/mol. The molecule has 0 amide bonds. The van der Waals surface area contributed by atoms with Gasteiger partial charge in [0.1, 0.15) is 5.75 Å². The molecule has 0 spiro atoms. The molecular weight excluding hydrogens is 208 g/mol. The van der Waals surface area contributed by atoms with E-state index in [0.717, 1.165) is 17.9 Å². The summed E-state index contributed by atoms with van der Waals surface area (Å²) in [5, 5.41) is 0.136. The third kappa shape index (κ3) is 4.55. The van der Waals surface area contributed by atoms with Crippen LogP contribution >= 0.6 is 11.8 Å². The van der Waals surface area contributed by atoms with Crippen molar-refractivity contribution < 1.29 is 4.74 Å². The summed E-state index contributed by atoms with van der Waals surface area (Å²) in [5.74, 6) is 1.81. The highest BCUT2D eigenvalue weighted by Gasteiger charge is 2.02. The minimum atomic E-state index is 0.136. The Morgan fingerprint density at radius 3 is 2.53 bits per heavy atom. The van der Waals surface area contributed by atoms with Crippen LogP contribution in [0.2, 0.25) is 0 Å².